The molecule has 0 spiro atoms. The van der Waals surface area contributed by atoms with Crippen LogP contribution in [0.25, 0.3) is 0 Å². The highest BCUT2D eigenvalue weighted by molar-refractivity contribution is 6.42. The predicted molar refractivity (Wildman–Crippen MR) is 151 cm³/mol. The van der Waals surface area contributed by atoms with Crippen LogP contribution in [0.3, 0.4) is 0 Å². The van der Waals surface area contributed by atoms with Crippen LogP contribution in [0.1, 0.15) is 52.0 Å². The molecule has 3 amide bonds. The van der Waals surface area contributed by atoms with Crippen molar-refractivity contribution in [3.63, 3.8) is 0 Å². The van der Waals surface area contributed by atoms with E-state index >= 15 is 0 Å². The molecular formula is C26H34Cl2N6O5. The predicted octanol–water partition coefficient (Wildman–Crippen LogP) is 5.62. The number of halogens is 2. The Balaban J connectivity index is 1.57. The molecule has 2 aliphatic rings. The van der Waals surface area contributed by atoms with Crippen LogP contribution in [0, 0.1) is 0 Å². The van der Waals surface area contributed by atoms with Gasteiger partial charge in [-0.15, -0.1) is 0 Å². The van der Waals surface area contributed by atoms with E-state index in [0.717, 1.165) is 25.7 Å². The maximum atomic E-state index is 13.5. The smallest absolute Gasteiger partial charge is 0.407 e. The first kappa shape index (κ1) is 28.8. The number of benzene rings is 1. The van der Waals surface area contributed by atoms with Gasteiger partial charge in [0.2, 0.25) is 5.95 Å². The van der Waals surface area contributed by atoms with E-state index in [1.165, 1.54) is 24.0 Å². The molecule has 0 bridgehead atoms. The van der Waals surface area contributed by atoms with Gasteiger partial charge in [-0.3, -0.25) is 9.80 Å². The molecule has 212 valence electrons. The average molecular weight is 582 g/mol. The molecule has 1 aromatic heterocycles. The second-order valence-electron chi connectivity index (χ2n) is 10.5. The molecule has 2 N–H and O–H groups in total. The Hall–Kier alpha value is -3.18. The van der Waals surface area contributed by atoms with Gasteiger partial charge in [-0.25, -0.2) is 14.6 Å². The lowest BCUT2D eigenvalue weighted by molar-refractivity contribution is 0.0488. The number of fused-ring (bicyclic) bond motifs is 1. The number of alkyl carbamates (subject to hydrolysis) is 1. The zero-order valence-corrected chi connectivity index (χ0v) is 24.4. The molecule has 0 saturated heterocycles. The quantitative estimate of drug-likeness (QED) is 0.451. The van der Waals surface area contributed by atoms with Crippen LogP contribution in [0.2, 0.25) is 10.0 Å². The molecule has 1 aliphatic carbocycles. The number of amides is 3. The molecular weight excluding hydrogens is 547 g/mol. The van der Waals surface area contributed by atoms with Crippen LogP contribution in [0.5, 0.6) is 11.5 Å². The van der Waals surface area contributed by atoms with Gasteiger partial charge in [0.1, 0.15) is 33.0 Å². The van der Waals surface area contributed by atoms with Crippen LogP contribution in [0.15, 0.2) is 12.3 Å². The van der Waals surface area contributed by atoms with Crippen molar-refractivity contribution in [2.24, 2.45) is 0 Å². The standard InChI is InChI=1S/C26H34Cl2N6O5/c1-26(2,3)39-24(35)31-16-10-8-7-9-15(16)30-23-29-12-14-13-34(25(36)33(4)22(14)32-23)21-19(27)17(37-5)11-18(38-6)20(21)28/h11-12,15-16H,7-10,13H2,1-6H3,(H,31,35)(H,29,30,32). The van der Waals surface area contributed by atoms with Crippen LogP contribution in [-0.2, 0) is 11.3 Å². The van der Waals surface area contributed by atoms with E-state index in [0.29, 0.717) is 28.8 Å². The second-order valence-corrected chi connectivity index (χ2v) is 11.3. The van der Waals surface area contributed by atoms with Crippen molar-refractivity contribution in [2.75, 3.05) is 36.4 Å². The fourth-order valence-electron chi connectivity index (χ4n) is 4.76. The number of hydrogen-bond acceptors (Lipinski definition) is 8. The summed E-state index contributed by atoms with van der Waals surface area (Å²) in [5, 5.41) is 6.71. The minimum atomic E-state index is -0.585. The number of methoxy groups -OCH3 is 2. The van der Waals surface area contributed by atoms with E-state index in [1.54, 1.807) is 19.3 Å². The van der Waals surface area contributed by atoms with Gasteiger partial charge in [0.15, 0.2) is 0 Å². The molecule has 11 nitrogen and oxygen atoms in total. The number of nitrogens with one attached hydrogen (secondary N) is 2. The van der Waals surface area contributed by atoms with Crippen molar-refractivity contribution in [3.05, 3.63) is 27.9 Å². The van der Waals surface area contributed by atoms with Crippen molar-refractivity contribution in [1.29, 1.82) is 0 Å². The lowest BCUT2D eigenvalue weighted by atomic mass is 9.90. The summed E-state index contributed by atoms with van der Waals surface area (Å²) in [7, 11) is 4.57. The largest absolute Gasteiger partial charge is 0.495 e. The van der Waals surface area contributed by atoms with E-state index in [4.69, 9.17) is 37.4 Å². The maximum Gasteiger partial charge on any atom is 0.407 e. The van der Waals surface area contributed by atoms with Crippen LogP contribution in [0.4, 0.5) is 27.0 Å². The molecule has 2 atom stereocenters. The zero-order valence-electron chi connectivity index (χ0n) is 22.9. The van der Waals surface area contributed by atoms with Gasteiger partial charge >= 0.3 is 12.1 Å². The van der Waals surface area contributed by atoms with Gasteiger partial charge < -0.3 is 24.8 Å². The fourth-order valence-corrected chi connectivity index (χ4v) is 5.47. The highest BCUT2D eigenvalue weighted by Crippen LogP contribution is 2.47. The fraction of sp³-hybridized carbons (Fsp3) is 0.538. The van der Waals surface area contributed by atoms with Gasteiger partial charge in [0, 0.05) is 30.9 Å². The summed E-state index contributed by atoms with van der Waals surface area (Å²) in [5.41, 5.74) is 0.389. The normalized spacial score (nSPS) is 19.3. The number of carbonyl (C=O) groups excluding carboxylic acids is 2. The molecule has 1 saturated carbocycles. The van der Waals surface area contributed by atoms with E-state index in [9.17, 15) is 9.59 Å². The third-order valence-corrected chi connectivity index (χ3v) is 7.34. The molecule has 2 unspecified atom stereocenters. The number of rotatable bonds is 6. The molecule has 1 fully saturated rings. The van der Waals surface area contributed by atoms with Crippen molar-refractivity contribution >= 4 is 52.8 Å². The first-order chi connectivity index (χ1) is 18.4. The van der Waals surface area contributed by atoms with Crippen molar-refractivity contribution in [1.82, 2.24) is 15.3 Å². The highest BCUT2D eigenvalue weighted by atomic mass is 35.5. The van der Waals surface area contributed by atoms with Crippen LogP contribution < -0.4 is 29.9 Å². The molecule has 13 heteroatoms. The Bertz CT molecular complexity index is 1230. The van der Waals surface area contributed by atoms with Crippen molar-refractivity contribution < 1.29 is 23.8 Å². The maximum absolute atomic E-state index is 13.5. The van der Waals surface area contributed by atoms with Crippen molar-refractivity contribution in [3.8, 4) is 11.5 Å². The van der Waals surface area contributed by atoms with Crippen LogP contribution >= 0.6 is 23.2 Å². The highest BCUT2D eigenvalue weighted by Gasteiger charge is 2.35. The zero-order chi connectivity index (χ0) is 28.5. The molecule has 0 radical (unpaired) electrons. The third-order valence-electron chi connectivity index (χ3n) is 6.61. The van der Waals surface area contributed by atoms with Gasteiger partial charge in [-0.05, 0) is 33.6 Å². The van der Waals surface area contributed by atoms with Crippen LogP contribution in [-0.4, -0.2) is 61.0 Å². The number of aromatic nitrogens is 2. The number of anilines is 3. The summed E-state index contributed by atoms with van der Waals surface area (Å²) in [6.07, 6.45) is 4.85. The number of nitrogens with zero attached hydrogens (tertiary/aromatic N) is 4. The molecule has 2 aromatic rings. The Labute approximate surface area is 238 Å². The first-order valence-corrected chi connectivity index (χ1v) is 13.5. The lowest BCUT2D eigenvalue weighted by Crippen LogP contribution is -2.50. The monoisotopic (exact) mass is 580 g/mol. The van der Waals surface area contributed by atoms with E-state index in [2.05, 4.69) is 20.6 Å². The summed E-state index contributed by atoms with van der Waals surface area (Å²) in [6, 6.07) is 0.952. The summed E-state index contributed by atoms with van der Waals surface area (Å²) >= 11 is 13.2. The summed E-state index contributed by atoms with van der Waals surface area (Å²) in [5.74, 6) is 1.48. The van der Waals surface area contributed by atoms with E-state index in [-0.39, 0.29) is 40.4 Å². The topological polar surface area (TPSA) is 118 Å². The Morgan fingerprint density at radius 1 is 1.08 bits per heavy atom. The lowest BCUT2D eigenvalue weighted by Gasteiger charge is -2.36. The Morgan fingerprint density at radius 3 is 2.28 bits per heavy atom. The summed E-state index contributed by atoms with van der Waals surface area (Å²) in [4.78, 5) is 37.9. The van der Waals surface area contributed by atoms with Gasteiger partial charge in [-0.1, -0.05) is 36.0 Å². The third kappa shape index (κ3) is 6.19. The molecule has 39 heavy (non-hydrogen) atoms. The van der Waals surface area contributed by atoms with E-state index in [1.807, 2.05) is 20.8 Å². The van der Waals surface area contributed by atoms with Crippen molar-refractivity contribution in [2.45, 2.75) is 70.7 Å². The molecule has 1 aliphatic heterocycles. The minimum Gasteiger partial charge on any atom is -0.495 e. The van der Waals surface area contributed by atoms with E-state index < -0.39 is 11.7 Å². The number of urea groups is 1. The minimum absolute atomic E-state index is 0.0905. The molecule has 2 heterocycles. The second kappa shape index (κ2) is 11.5. The summed E-state index contributed by atoms with van der Waals surface area (Å²) in [6.45, 7) is 5.63. The molecule has 1 aromatic carbocycles. The van der Waals surface area contributed by atoms with Gasteiger partial charge in [0.25, 0.3) is 0 Å². The summed E-state index contributed by atoms with van der Waals surface area (Å²) < 4.78 is 16.2. The Kier molecular flexibility index (Phi) is 8.51. The average Bonchev–Trinajstić information content (AvgIpc) is 2.87. The number of carbonyl (C=O) groups is 2. The Morgan fingerprint density at radius 2 is 1.69 bits per heavy atom. The SMILES string of the molecule is COc1cc(OC)c(Cl)c(N2Cc3cnc(NC4CCCCC4NC(=O)OC(C)(C)C)nc3N(C)C2=O)c1Cl. The molecule has 4 rings (SSSR count). The van der Waals surface area contributed by atoms with Gasteiger partial charge in [-0.2, -0.15) is 4.98 Å². The first-order valence-electron chi connectivity index (χ1n) is 12.7. The number of hydrogen-bond donors (Lipinski definition) is 2. The number of ether oxygens (including phenoxy) is 3. The van der Waals surface area contributed by atoms with Gasteiger partial charge in [0.05, 0.1) is 32.5 Å².